The zero-order chi connectivity index (χ0) is 15.5. The second-order valence-electron chi connectivity index (χ2n) is 5.12. The lowest BCUT2D eigenvalue weighted by Crippen LogP contribution is -2.30. The highest BCUT2D eigenvalue weighted by Gasteiger charge is 2.31. The Labute approximate surface area is 119 Å². The number of benzene rings is 1. The Balaban J connectivity index is 1.99. The van der Waals surface area contributed by atoms with Crippen LogP contribution in [-0.4, -0.2) is 23.5 Å². The number of carboxylic acid groups (broad SMARTS) is 1. The number of hydrogen-bond donors (Lipinski definition) is 2. The van der Waals surface area contributed by atoms with Crippen LogP contribution < -0.4 is 10.1 Å². The number of anilines is 1. The van der Waals surface area contributed by atoms with E-state index in [-0.39, 0.29) is 11.8 Å². The highest BCUT2D eigenvalue weighted by atomic mass is 19.4. The van der Waals surface area contributed by atoms with Crippen molar-refractivity contribution in [2.24, 2.45) is 5.92 Å². The maximum Gasteiger partial charge on any atom is 0.573 e. The predicted octanol–water partition coefficient (Wildman–Crippen LogP) is 3.64. The smallest absolute Gasteiger partial charge is 0.481 e. The molecule has 21 heavy (non-hydrogen) atoms. The standard InChI is InChI=1S/C14H16F3NO3/c15-14(16,17)21-12-6-2-5-11(8-12)18-10-4-1-3-9(7-10)13(19)20/h2,5-6,8-10,18H,1,3-4,7H2,(H,19,20). The molecule has 1 fully saturated rings. The van der Waals surface area contributed by atoms with Crippen LogP contribution in [-0.2, 0) is 4.79 Å². The van der Waals surface area contributed by atoms with Crippen molar-refractivity contribution >= 4 is 11.7 Å². The molecular formula is C14H16F3NO3. The minimum absolute atomic E-state index is 0.0546. The summed E-state index contributed by atoms with van der Waals surface area (Å²) >= 11 is 0. The van der Waals surface area contributed by atoms with E-state index < -0.39 is 18.2 Å². The van der Waals surface area contributed by atoms with E-state index in [1.165, 1.54) is 18.2 Å². The molecule has 2 N–H and O–H groups in total. The van der Waals surface area contributed by atoms with Crippen molar-refractivity contribution in [2.75, 3.05) is 5.32 Å². The lowest BCUT2D eigenvalue weighted by atomic mass is 9.85. The lowest BCUT2D eigenvalue weighted by molar-refractivity contribution is -0.274. The van der Waals surface area contributed by atoms with Gasteiger partial charge >= 0.3 is 12.3 Å². The molecule has 7 heteroatoms. The van der Waals surface area contributed by atoms with Gasteiger partial charge in [-0.25, -0.2) is 0 Å². The first-order chi connectivity index (χ1) is 9.83. The van der Waals surface area contributed by atoms with Gasteiger partial charge in [0.25, 0.3) is 0 Å². The Kier molecular flexibility index (Phi) is 4.59. The third kappa shape index (κ3) is 4.84. The molecule has 1 aromatic rings. The van der Waals surface area contributed by atoms with Gasteiger partial charge < -0.3 is 15.2 Å². The number of ether oxygens (including phenoxy) is 1. The largest absolute Gasteiger partial charge is 0.573 e. The average Bonchev–Trinajstić information content (AvgIpc) is 2.37. The Morgan fingerprint density at radius 1 is 1.33 bits per heavy atom. The molecule has 1 aromatic carbocycles. The van der Waals surface area contributed by atoms with Gasteiger partial charge in [0.05, 0.1) is 5.92 Å². The number of alkyl halides is 3. The molecule has 2 rings (SSSR count). The van der Waals surface area contributed by atoms with Crippen molar-refractivity contribution in [3.8, 4) is 5.75 Å². The molecule has 0 aliphatic heterocycles. The normalized spacial score (nSPS) is 22.6. The summed E-state index contributed by atoms with van der Waals surface area (Å²) in [6.45, 7) is 0. The molecule has 2 atom stereocenters. The molecule has 1 saturated carbocycles. The molecule has 116 valence electrons. The van der Waals surface area contributed by atoms with Crippen LogP contribution in [0, 0.1) is 5.92 Å². The molecule has 0 amide bonds. The van der Waals surface area contributed by atoms with E-state index in [1.54, 1.807) is 6.07 Å². The Hall–Kier alpha value is -1.92. The van der Waals surface area contributed by atoms with Gasteiger partial charge in [-0.1, -0.05) is 12.5 Å². The molecule has 1 aliphatic carbocycles. The zero-order valence-corrected chi connectivity index (χ0v) is 11.2. The number of aliphatic carboxylic acids is 1. The van der Waals surface area contributed by atoms with Gasteiger partial charge in [0, 0.05) is 17.8 Å². The van der Waals surface area contributed by atoms with Crippen LogP contribution in [0.4, 0.5) is 18.9 Å². The van der Waals surface area contributed by atoms with E-state index >= 15 is 0 Å². The van der Waals surface area contributed by atoms with E-state index in [0.717, 1.165) is 12.8 Å². The average molecular weight is 303 g/mol. The Bertz CT molecular complexity index is 504. The van der Waals surface area contributed by atoms with Crippen molar-refractivity contribution in [1.29, 1.82) is 0 Å². The molecule has 0 bridgehead atoms. The number of carbonyl (C=O) groups is 1. The third-order valence-electron chi connectivity index (χ3n) is 3.46. The molecule has 0 aromatic heterocycles. The molecule has 0 spiro atoms. The fourth-order valence-corrected chi connectivity index (χ4v) is 2.56. The highest BCUT2D eigenvalue weighted by Crippen LogP contribution is 2.29. The Morgan fingerprint density at radius 2 is 2.10 bits per heavy atom. The van der Waals surface area contributed by atoms with Crippen LogP contribution in [0.2, 0.25) is 0 Å². The van der Waals surface area contributed by atoms with Crippen LogP contribution in [0.5, 0.6) is 5.75 Å². The SMILES string of the molecule is O=C(O)C1CCCC(Nc2cccc(OC(F)(F)F)c2)C1. The second kappa shape index (κ2) is 6.24. The maximum absolute atomic E-state index is 12.2. The van der Waals surface area contributed by atoms with E-state index in [4.69, 9.17) is 5.11 Å². The van der Waals surface area contributed by atoms with Gasteiger partial charge in [0.1, 0.15) is 5.75 Å². The fraction of sp³-hybridized carbons (Fsp3) is 0.500. The lowest BCUT2D eigenvalue weighted by Gasteiger charge is -2.28. The number of hydrogen-bond acceptors (Lipinski definition) is 3. The van der Waals surface area contributed by atoms with Gasteiger partial charge in [0.2, 0.25) is 0 Å². The third-order valence-corrected chi connectivity index (χ3v) is 3.46. The van der Waals surface area contributed by atoms with Crippen molar-refractivity contribution in [1.82, 2.24) is 0 Å². The van der Waals surface area contributed by atoms with Gasteiger partial charge in [-0.15, -0.1) is 13.2 Å². The molecule has 0 saturated heterocycles. The van der Waals surface area contributed by atoms with E-state index in [0.29, 0.717) is 18.5 Å². The molecule has 1 aliphatic rings. The first-order valence-corrected chi connectivity index (χ1v) is 6.68. The summed E-state index contributed by atoms with van der Waals surface area (Å²) in [4.78, 5) is 11.0. The molecular weight excluding hydrogens is 287 g/mol. The van der Waals surface area contributed by atoms with Crippen molar-refractivity contribution in [3.05, 3.63) is 24.3 Å². The number of nitrogens with one attached hydrogen (secondary N) is 1. The van der Waals surface area contributed by atoms with Crippen molar-refractivity contribution in [2.45, 2.75) is 38.1 Å². The fourth-order valence-electron chi connectivity index (χ4n) is 2.56. The van der Waals surface area contributed by atoms with Crippen molar-refractivity contribution in [3.63, 3.8) is 0 Å². The van der Waals surface area contributed by atoms with Gasteiger partial charge in [-0.3, -0.25) is 4.79 Å². The highest BCUT2D eigenvalue weighted by molar-refractivity contribution is 5.70. The van der Waals surface area contributed by atoms with Crippen LogP contribution in [0.1, 0.15) is 25.7 Å². The summed E-state index contributed by atoms with van der Waals surface area (Å²) in [6, 6.07) is 5.52. The minimum Gasteiger partial charge on any atom is -0.481 e. The number of halogens is 3. The molecule has 0 radical (unpaired) electrons. The second-order valence-corrected chi connectivity index (χ2v) is 5.12. The summed E-state index contributed by atoms with van der Waals surface area (Å²) in [7, 11) is 0. The first kappa shape index (κ1) is 15.5. The van der Waals surface area contributed by atoms with Crippen LogP contribution in [0.15, 0.2) is 24.3 Å². The predicted molar refractivity (Wildman–Crippen MR) is 70.1 cm³/mol. The topological polar surface area (TPSA) is 58.6 Å². The summed E-state index contributed by atoms with van der Waals surface area (Å²) in [5.41, 5.74) is 0.493. The summed E-state index contributed by atoms with van der Waals surface area (Å²) in [5.74, 6) is -1.51. The molecule has 2 unspecified atom stereocenters. The van der Waals surface area contributed by atoms with E-state index in [1.807, 2.05) is 0 Å². The first-order valence-electron chi connectivity index (χ1n) is 6.68. The van der Waals surface area contributed by atoms with Gasteiger partial charge in [-0.2, -0.15) is 0 Å². The van der Waals surface area contributed by atoms with Crippen molar-refractivity contribution < 1.29 is 27.8 Å². The van der Waals surface area contributed by atoms with E-state index in [9.17, 15) is 18.0 Å². The number of carboxylic acids is 1. The summed E-state index contributed by atoms with van der Waals surface area (Å²) in [6.07, 6.45) is -2.02. The monoisotopic (exact) mass is 303 g/mol. The van der Waals surface area contributed by atoms with Gasteiger partial charge in [-0.05, 0) is 31.4 Å². The summed E-state index contributed by atoms with van der Waals surface area (Å²) in [5, 5.41) is 12.1. The maximum atomic E-state index is 12.2. The van der Waals surface area contributed by atoms with Crippen LogP contribution in [0.25, 0.3) is 0 Å². The van der Waals surface area contributed by atoms with Crippen LogP contribution >= 0.6 is 0 Å². The Morgan fingerprint density at radius 3 is 2.76 bits per heavy atom. The zero-order valence-electron chi connectivity index (χ0n) is 11.2. The van der Waals surface area contributed by atoms with Gasteiger partial charge in [0.15, 0.2) is 0 Å². The van der Waals surface area contributed by atoms with E-state index in [2.05, 4.69) is 10.1 Å². The number of rotatable bonds is 4. The van der Waals surface area contributed by atoms with Crippen LogP contribution in [0.3, 0.4) is 0 Å². The molecule has 0 heterocycles. The minimum atomic E-state index is -4.72. The quantitative estimate of drug-likeness (QED) is 0.891. The molecule has 4 nitrogen and oxygen atoms in total. The summed E-state index contributed by atoms with van der Waals surface area (Å²) < 4.78 is 40.3.